The Hall–Kier alpha value is -0.260. The molecule has 0 atom stereocenters. The molecule has 82 valence electrons. The number of nitrogens with two attached hydrogens (primary N) is 1. The molecule has 0 unspecified atom stereocenters. The molecule has 1 rings (SSSR count). The van der Waals surface area contributed by atoms with E-state index in [0.29, 0.717) is 32.6 Å². The average molecular weight is 218 g/mol. The van der Waals surface area contributed by atoms with Crippen molar-refractivity contribution in [2.24, 2.45) is 5.73 Å². The molecule has 1 amide bonds. The fourth-order valence-corrected chi connectivity index (χ4v) is 1.71. The zero-order valence-electron chi connectivity index (χ0n) is 8.54. The maximum atomic E-state index is 11.7. The second-order valence-corrected chi connectivity index (χ2v) is 4.50. The van der Waals surface area contributed by atoms with Gasteiger partial charge < -0.3 is 15.8 Å². The van der Waals surface area contributed by atoms with Crippen LogP contribution < -0.4 is 11.1 Å². The zero-order valence-corrected chi connectivity index (χ0v) is 9.36. The number of rotatable bonds is 4. The van der Waals surface area contributed by atoms with Gasteiger partial charge in [0.25, 0.3) is 0 Å². The number of hydrogen-bond acceptors (Lipinski definition) is 4. The van der Waals surface area contributed by atoms with E-state index in [9.17, 15) is 4.79 Å². The first kappa shape index (κ1) is 11.8. The fourth-order valence-electron chi connectivity index (χ4n) is 1.41. The van der Waals surface area contributed by atoms with Gasteiger partial charge in [-0.3, -0.25) is 4.79 Å². The third-order valence-corrected chi connectivity index (χ3v) is 3.04. The van der Waals surface area contributed by atoms with Gasteiger partial charge >= 0.3 is 0 Å². The SMILES string of the molecule is CSCCNC(=O)C1(N)CCOCC1. The Morgan fingerprint density at radius 3 is 2.79 bits per heavy atom. The Morgan fingerprint density at radius 2 is 2.21 bits per heavy atom. The summed E-state index contributed by atoms with van der Waals surface area (Å²) in [4.78, 5) is 11.7. The van der Waals surface area contributed by atoms with E-state index in [2.05, 4.69) is 5.32 Å². The monoisotopic (exact) mass is 218 g/mol. The van der Waals surface area contributed by atoms with Crippen LogP contribution in [0.4, 0.5) is 0 Å². The van der Waals surface area contributed by atoms with Crippen molar-refractivity contribution in [3.05, 3.63) is 0 Å². The minimum absolute atomic E-state index is 0.0325. The van der Waals surface area contributed by atoms with E-state index in [1.807, 2.05) is 6.26 Å². The molecule has 0 spiro atoms. The molecular weight excluding hydrogens is 200 g/mol. The van der Waals surface area contributed by atoms with Gasteiger partial charge in [-0.1, -0.05) is 0 Å². The molecule has 3 N–H and O–H groups in total. The van der Waals surface area contributed by atoms with E-state index in [-0.39, 0.29) is 5.91 Å². The molecule has 1 aliphatic rings. The van der Waals surface area contributed by atoms with Crippen molar-refractivity contribution in [3.63, 3.8) is 0 Å². The summed E-state index contributed by atoms with van der Waals surface area (Å²) >= 11 is 1.71. The number of carbonyl (C=O) groups is 1. The van der Waals surface area contributed by atoms with E-state index < -0.39 is 5.54 Å². The number of thioether (sulfide) groups is 1. The largest absolute Gasteiger partial charge is 0.381 e. The number of ether oxygens (including phenoxy) is 1. The molecule has 0 aromatic heterocycles. The molecule has 0 saturated carbocycles. The zero-order chi connectivity index (χ0) is 10.4. The maximum Gasteiger partial charge on any atom is 0.240 e. The second kappa shape index (κ2) is 5.58. The van der Waals surface area contributed by atoms with Gasteiger partial charge in [-0.2, -0.15) is 11.8 Å². The minimum Gasteiger partial charge on any atom is -0.381 e. The Kier molecular flexibility index (Phi) is 4.71. The lowest BCUT2D eigenvalue weighted by Gasteiger charge is -2.31. The molecule has 1 aliphatic heterocycles. The lowest BCUT2D eigenvalue weighted by molar-refractivity contribution is -0.129. The van der Waals surface area contributed by atoms with Crippen molar-refractivity contribution in [3.8, 4) is 0 Å². The van der Waals surface area contributed by atoms with E-state index in [0.717, 1.165) is 5.75 Å². The van der Waals surface area contributed by atoms with E-state index in [1.165, 1.54) is 0 Å². The van der Waals surface area contributed by atoms with Crippen LogP contribution in [0.15, 0.2) is 0 Å². The van der Waals surface area contributed by atoms with Gasteiger partial charge in [0, 0.05) is 25.5 Å². The summed E-state index contributed by atoms with van der Waals surface area (Å²) in [6, 6.07) is 0. The highest BCUT2D eigenvalue weighted by Gasteiger charge is 2.35. The molecule has 0 bridgehead atoms. The lowest BCUT2D eigenvalue weighted by Crippen LogP contribution is -2.57. The maximum absolute atomic E-state index is 11.7. The topological polar surface area (TPSA) is 64.4 Å². The number of amides is 1. The highest BCUT2D eigenvalue weighted by molar-refractivity contribution is 7.98. The van der Waals surface area contributed by atoms with Crippen molar-refractivity contribution in [2.75, 3.05) is 31.8 Å². The Morgan fingerprint density at radius 1 is 1.57 bits per heavy atom. The number of nitrogens with one attached hydrogen (secondary N) is 1. The number of hydrogen-bond donors (Lipinski definition) is 2. The molecule has 0 radical (unpaired) electrons. The van der Waals surface area contributed by atoms with Gasteiger partial charge in [0.1, 0.15) is 0 Å². The molecule has 1 saturated heterocycles. The molecule has 4 nitrogen and oxygen atoms in total. The summed E-state index contributed by atoms with van der Waals surface area (Å²) in [7, 11) is 0. The molecule has 1 heterocycles. The van der Waals surface area contributed by atoms with E-state index >= 15 is 0 Å². The number of carbonyl (C=O) groups excluding carboxylic acids is 1. The van der Waals surface area contributed by atoms with Gasteiger partial charge in [0.2, 0.25) is 5.91 Å². The van der Waals surface area contributed by atoms with Gasteiger partial charge in [-0.25, -0.2) is 0 Å². The predicted molar refractivity (Wildman–Crippen MR) is 58.4 cm³/mol. The van der Waals surface area contributed by atoms with Crippen LogP contribution in [-0.2, 0) is 9.53 Å². The highest BCUT2D eigenvalue weighted by Crippen LogP contribution is 2.17. The first-order valence-corrected chi connectivity index (χ1v) is 6.22. The minimum atomic E-state index is -0.698. The van der Waals surface area contributed by atoms with Crippen LogP contribution in [0.2, 0.25) is 0 Å². The van der Waals surface area contributed by atoms with Crippen LogP contribution in [-0.4, -0.2) is 43.2 Å². The molecule has 5 heteroatoms. The second-order valence-electron chi connectivity index (χ2n) is 3.52. The first-order valence-electron chi connectivity index (χ1n) is 4.83. The quantitative estimate of drug-likeness (QED) is 0.651. The molecule has 1 fully saturated rings. The third-order valence-electron chi connectivity index (χ3n) is 2.43. The van der Waals surface area contributed by atoms with Crippen molar-refractivity contribution < 1.29 is 9.53 Å². The van der Waals surface area contributed by atoms with Gasteiger partial charge in [-0.15, -0.1) is 0 Å². The van der Waals surface area contributed by atoms with Gasteiger partial charge in [-0.05, 0) is 19.1 Å². The highest BCUT2D eigenvalue weighted by atomic mass is 32.2. The average Bonchev–Trinajstić information content (AvgIpc) is 2.19. The van der Waals surface area contributed by atoms with Gasteiger partial charge in [0.15, 0.2) is 0 Å². The van der Waals surface area contributed by atoms with Crippen molar-refractivity contribution >= 4 is 17.7 Å². The molecule has 14 heavy (non-hydrogen) atoms. The predicted octanol–water partition coefficient (Wildman–Crippen LogP) is -0.0265. The van der Waals surface area contributed by atoms with Gasteiger partial charge in [0.05, 0.1) is 5.54 Å². The third kappa shape index (κ3) is 3.15. The molecule has 0 aromatic rings. The summed E-state index contributed by atoms with van der Waals surface area (Å²) in [5, 5.41) is 2.85. The lowest BCUT2D eigenvalue weighted by atomic mass is 9.90. The smallest absolute Gasteiger partial charge is 0.240 e. The van der Waals surface area contributed by atoms with Crippen molar-refractivity contribution in [1.29, 1.82) is 0 Å². The Balaban J connectivity index is 2.33. The fraction of sp³-hybridized carbons (Fsp3) is 0.889. The standard InChI is InChI=1S/C9H18N2O2S/c1-14-7-4-11-8(12)9(10)2-5-13-6-3-9/h2-7,10H2,1H3,(H,11,12). The summed E-state index contributed by atoms with van der Waals surface area (Å²) in [5.74, 6) is 0.896. The summed E-state index contributed by atoms with van der Waals surface area (Å²) in [6.45, 7) is 1.87. The molecule has 0 aromatic carbocycles. The molecular formula is C9H18N2O2S. The van der Waals surface area contributed by atoms with Crippen molar-refractivity contribution in [1.82, 2.24) is 5.32 Å². The van der Waals surface area contributed by atoms with Crippen LogP contribution in [0.1, 0.15) is 12.8 Å². The van der Waals surface area contributed by atoms with Crippen LogP contribution in [0.25, 0.3) is 0 Å². The van der Waals surface area contributed by atoms with Crippen molar-refractivity contribution in [2.45, 2.75) is 18.4 Å². The van der Waals surface area contributed by atoms with E-state index in [4.69, 9.17) is 10.5 Å². The van der Waals surface area contributed by atoms with E-state index in [1.54, 1.807) is 11.8 Å². The summed E-state index contributed by atoms with van der Waals surface area (Å²) in [5.41, 5.74) is 5.29. The molecule has 0 aliphatic carbocycles. The van der Waals surface area contributed by atoms with Crippen LogP contribution in [0.3, 0.4) is 0 Å². The van der Waals surface area contributed by atoms with Crippen LogP contribution in [0, 0.1) is 0 Å². The summed E-state index contributed by atoms with van der Waals surface area (Å²) < 4.78 is 5.18. The van der Waals surface area contributed by atoms with Crippen LogP contribution in [0.5, 0.6) is 0 Å². The summed E-state index contributed by atoms with van der Waals surface area (Å²) in [6.07, 6.45) is 3.26. The van der Waals surface area contributed by atoms with Crippen LogP contribution >= 0.6 is 11.8 Å². The Bertz CT molecular complexity index is 193. The first-order chi connectivity index (χ1) is 6.69. The normalized spacial score (nSPS) is 20.4. The Labute approximate surface area is 88.9 Å².